The zero-order chi connectivity index (χ0) is 30.5. The Morgan fingerprint density at radius 3 is 1.55 bits per heavy atom. The van der Waals surface area contributed by atoms with Gasteiger partial charge in [0.05, 0.1) is 0 Å². The molecule has 0 spiro atoms. The van der Waals surface area contributed by atoms with Crippen molar-refractivity contribution in [1.82, 2.24) is 16.0 Å². The fourth-order valence-corrected chi connectivity index (χ4v) is 4.06. The number of nitrogens with one attached hydrogen (secondary N) is 3. The maximum absolute atomic E-state index is 13.6. The van der Waals surface area contributed by atoms with E-state index in [9.17, 15) is 19.2 Å². The number of carbonyl (C=O) groups is 4. The molecule has 0 aromatic heterocycles. The highest BCUT2D eigenvalue weighted by Crippen LogP contribution is 2.10. The molecule has 9 heteroatoms. The highest BCUT2D eigenvalue weighted by atomic mass is 16.6. The van der Waals surface area contributed by atoms with Crippen LogP contribution in [0, 0.1) is 0 Å². The van der Waals surface area contributed by atoms with Gasteiger partial charge >= 0.3 is 12.1 Å². The first kappa shape index (κ1) is 31.9. The van der Waals surface area contributed by atoms with E-state index in [1.807, 2.05) is 91.0 Å². The molecule has 0 unspecified atom stereocenters. The Morgan fingerprint density at radius 2 is 1.07 bits per heavy atom. The summed E-state index contributed by atoms with van der Waals surface area (Å²) in [5, 5.41) is 8.09. The molecule has 0 aliphatic carbocycles. The summed E-state index contributed by atoms with van der Waals surface area (Å²) in [6.07, 6.45) is -0.436. The monoisotopic (exact) mass is 573 g/mol. The first-order valence-electron chi connectivity index (χ1n) is 13.9. The normalized spacial score (nSPS) is 13.1. The van der Waals surface area contributed by atoms with Crippen LogP contribution in [0.1, 0.15) is 44.4 Å². The van der Waals surface area contributed by atoms with Crippen LogP contribution in [0.3, 0.4) is 0 Å². The van der Waals surface area contributed by atoms with Crippen LogP contribution in [0.25, 0.3) is 0 Å². The topological polar surface area (TPSA) is 123 Å². The third kappa shape index (κ3) is 11.1. The Bertz CT molecular complexity index is 1310. The van der Waals surface area contributed by atoms with Gasteiger partial charge in [-0.2, -0.15) is 0 Å². The van der Waals surface area contributed by atoms with E-state index in [1.165, 1.54) is 6.92 Å². The Hall–Kier alpha value is -4.66. The zero-order valence-electron chi connectivity index (χ0n) is 24.5. The van der Waals surface area contributed by atoms with Gasteiger partial charge in [0.1, 0.15) is 30.3 Å². The van der Waals surface area contributed by atoms with E-state index in [-0.39, 0.29) is 19.4 Å². The third-order valence-electron chi connectivity index (χ3n) is 6.14. The van der Waals surface area contributed by atoms with Gasteiger partial charge in [-0.15, -0.1) is 0 Å². The Kier molecular flexibility index (Phi) is 11.7. The second kappa shape index (κ2) is 15.4. The van der Waals surface area contributed by atoms with Gasteiger partial charge in [0.2, 0.25) is 11.8 Å². The molecule has 3 aromatic carbocycles. The van der Waals surface area contributed by atoms with Gasteiger partial charge in [0, 0.05) is 12.8 Å². The molecule has 0 heterocycles. The van der Waals surface area contributed by atoms with Crippen molar-refractivity contribution in [1.29, 1.82) is 0 Å². The first-order chi connectivity index (χ1) is 20.0. The Morgan fingerprint density at radius 1 is 0.643 bits per heavy atom. The molecule has 0 bridgehead atoms. The van der Waals surface area contributed by atoms with Gasteiger partial charge in [-0.25, -0.2) is 9.59 Å². The Labute approximate surface area is 247 Å². The van der Waals surface area contributed by atoms with Crippen LogP contribution in [0.4, 0.5) is 4.79 Å². The molecule has 3 N–H and O–H groups in total. The Balaban J connectivity index is 1.76. The lowest BCUT2D eigenvalue weighted by Crippen LogP contribution is -2.56. The smallest absolute Gasteiger partial charge is 0.408 e. The molecule has 9 nitrogen and oxygen atoms in total. The maximum Gasteiger partial charge on any atom is 0.408 e. The standard InChI is InChI=1S/C33H39N3O6/c1-23(31(39)42-33(2,3)4)34-29(37)27(20-24-14-8-5-9-15-24)35-30(38)28(21-25-16-10-6-11-17-25)36-32(40)41-22-26-18-12-7-13-19-26/h5-19,23,27-28H,20-22H2,1-4H3,(H,34,37)(H,35,38)(H,36,40)/t23-,27-,28-/m0/s1. The maximum atomic E-state index is 13.6. The number of alkyl carbamates (subject to hydrolysis) is 1. The number of rotatable bonds is 12. The van der Waals surface area contributed by atoms with Crippen molar-refractivity contribution in [2.45, 2.75) is 70.9 Å². The molecule has 0 saturated heterocycles. The van der Waals surface area contributed by atoms with Crippen LogP contribution in [0.2, 0.25) is 0 Å². The van der Waals surface area contributed by atoms with E-state index in [4.69, 9.17) is 9.47 Å². The number of ether oxygens (including phenoxy) is 2. The molecule has 0 aliphatic heterocycles. The van der Waals surface area contributed by atoms with Crippen LogP contribution < -0.4 is 16.0 Å². The minimum Gasteiger partial charge on any atom is -0.458 e. The summed E-state index contributed by atoms with van der Waals surface area (Å²) >= 11 is 0. The van der Waals surface area contributed by atoms with Gasteiger partial charge in [-0.3, -0.25) is 9.59 Å². The average Bonchev–Trinajstić information content (AvgIpc) is 2.96. The summed E-state index contributed by atoms with van der Waals surface area (Å²) in [5.41, 5.74) is 1.69. The largest absolute Gasteiger partial charge is 0.458 e. The minimum atomic E-state index is -1.04. The van der Waals surface area contributed by atoms with Crippen molar-refractivity contribution in [2.75, 3.05) is 0 Å². The van der Waals surface area contributed by atoms with Gasteiger partial charge in [0.15, 0.2) is 0 Å². The van der Waals surface area contributed by atoms with Crippen LogP contribution in [-0.2, 0) is 43.3 Å². The molecule has 222 valence electrons. The van der Waals surface area contributed by atoms with Gasteiger partial charge < -0.3 is 25.4 Å². The van der Waals surface area contributed by atoms with Crippen molar-refractivity contribution in [2.24, 2.45) is 0 Å². The van der Waals surface area contributed by atoms with E-state index in [0.29, 0.717) is 0 Å². The molecule has 0 radical (unpaired) electrons. The second-order valence-corrected chi connectivity index (χ2v) is 11.0. The van der Waals surface area contributed by atoms with Gasteiger partial charge in [0.25, 0.3) is 0 Å². The van der Waals surface area contributed by atoms with Crippen molar-refractivity contribution in [3.05, 3.63) is 108 Å². The summed E-state index contributed by atoms with van der Waals surface area (Å²) in [5.74, 6) is -1.72. The molecule has 3 amide bonds. The van der Waals surface area contributed by atoms with E-state index in [1.54, 1.807) is 20.8 Å². The summed E-state index contributed by atoms with van der Waals surface area (Å²) < 4.78 is 10.7. The molecular formula is C33H39N3O6. The number of benzene rings is 3. The lowest BCUT2D eigenvalue weighted by atomic mass is 10.0. The SMILES string of the molecule is C[C@H](NC(=O)[C@H](Cc1ccccc1)NC(=O)[C@H](Cc1ccccc1)NC(=O)OCc1ccccc1)C(=O)OC(C)(C)C. The van der Waals surface area contributed by atoms with Crippen molar-refractivity contribution in [3.8, 4) is 0 Å². The van der Waals surface area contributed by atoms with Crippen LogP contribution in [-0.4, -0.2) is 47.6 Å². The summed E-state index contributed by atoms with van der Waals surface area (Å²) in [6.45, 7) is 6.78. The summed E-state index contributed by atoms with van der Waals surface area (Å²) in [6, 6.07) is 24.6. The summed E-state index contributed by atoms with van der Waals surface area (Å²) in [4.78, 5) is 52.2. The number of carbonyl (C=O) groups excluding carboxylic acids is 4. The quantitative estimate of drug-likeness (QED) is 0.281. The molecule has 3 rings (SSSR count). The van der Waals surface area contributed by atoms with Crippen molar-refractivity contribution < 1.29 is 28.7 Å². The molecule has 42 heavy (non-hydrogen) atoms. The second-order valence-electron chi connectivity index (χ2n) is 11.0. The third-order valence-corrected chi connectivity index (χ3v) is 6.14. The van der Waals surface area contributed by atoms with E-state index in [2.05, 4.69) is 16.0 Å². The van der Waals surface area contributed by atoms with E-state index in [0.717, 1.165) is 16.7 Å². The number of hydrogen-bond donors (Lipinski definition) is 3. The first-order valence-corrected chi connectivity index (χ1v) is 13.9. The van der Waals surface area contributed by atoms with Gasteiger partial charge in [-0.1, -0.05) is 91.0 Å². The number of esters is 1. The molecule has 0 saturated carbocycles. The zero-order valence-corrected chi connectivity index (χ0v) is 24.5. The predicted molar refractivity (Wildman–Crippen MR) is 159 cm³/mol. The van der Waals surface area contributed by atoms with E-state index < -0.39 is 47.6 Å². The predicted octanol–water partition coefficient (Wildman–Crippen LogP) is 4.10. The number of amides is 3. The average molecular weight is 574 g/mol. The van der Waals surface area contributed by atoms with Crippen LogP contribution in [0.5, 0.6) is 0 Å². The van der Waals surface area contributed by atoms with Crippen molar-refractivity contribution in [3.63, 3.8) is 0 Å². The van der Waals surface area contributed by atoms with E-state index >= 15 is 0 Å². The lowest BCUT2D eigenvalue weighted by Gasteiger charge is -2.26. The minimum absolute atomic E-state index is 0.0357. The van der Waals surface area contributed by atoms with Gasteiger partial charge in [-0.05, 0) is 44.4 Å². The van der Waals surface area contributed by atoms with Crippen LogP contribution >= 0.6 is 0 Å². The highest BCUT2D eigenvalue weighted by Gasteiger charge is 2.30. The van der Waals surface area contributed by atoms with Crippen molar-refractivity contribution >= 4 is 23.9 Å². The number of hydrogen-bond acceptors (Lipinski definition) is 6. The lowest BCUT2D eigenvalue weighted by molar-refractivity contribution is -0.158. The highest BCUT2D eigenvalue weighted by molar-refractivity contribution is 5.93. The fraction of sp³-hybridized carbons (Fsp3) is 0.333. The fourth-order valence-electron chi connectivity index (χ4n) is 4.06. The summed E-state index contributed by atoms with van der Waals surface area (Å²) in [7, 11) is 0. The molecule has 3 aromatic rings. The molecule has 3 atom stereocenters. The molecule has 0 aliphatic rings. The molecular weight excluding hydrogens is 534 g/mol. The molecule has 0 fully saturated rings. The van der Waals surface area contributed by atoms with Crippen LogP contribution in [0.15, 0.2) is 91.0 Å².